The predicted octanol–water partition coefficient (Wildman–Crippen LogP) is 1.96. The molecular formula is C14H21N3O3S. The summed E-state index contributed by atoms with van der Waals surface area (Å²) in [4.78, 5) is 29.3. The molecule has 1 aliphatic heterocycles. The lowest BCUT2D eigenvalue weighted by Gasteiger charge is -2.34. The summed E-state index contributed by atoms with van der Waals surface area (Å²) < 4.78 is 0. The van der Waals surface area contributed by atoms with E-state index in [9.17, 15) is 9.59 Å². The van der Waals surface area contributed by atoms with Gasteiger partial charge in [-0.25, -0.2) is 9.78 Å². The molecule has 1 aliphatic rings. The minimum Gasteiger partial charge on any atom is -0.481 e. The molecule has 1 saturated heterocycles. The van der Waals surface area contributed by atoms with Gasteiger partial charge in [-0.1, -0.05) is 13.8 Å². The molecule has 2 atom stereocenters. The number of urea groups is 1. The Labute approximate surface area is 128 Å². The van der Waals surface area contributed by atoms with E-state index in [0.29, 0.717) is 19.5 Å². The molecule has 2 unspecified atom stereocenters. The summed E-state index contributed by atoms with van der Waals surface area (Å²) in [7, 11) is 0. The molecule has 6 nitrogen and oxygen atoms in total. The van der Waals surface area contributed by atoms with Crippen LogP contribution in [0.5, 0.6) is 0 Å². The number of hydrogen-bond acceptors (Lipinski definition) is 4. The van der Waals surface area contributed by atoms with E-state index in [1.807, 2.05) is 19.2 Å². The van der Waals surface area contributed by atoms with E-state index in [2.05, 4.69) is 10.3 Å². The fourth-order valence-electron chi connectivity index (χ4n) is 2.57. The Morgan fingerprint density at radius 2 is 2.29 bits per heavy atom. The first-order valence-corrected chi connectivity index (χ1v) is 8.06. The molecule has 21 heavy (non-hydrogen) atoms. The van der Waals surface area contributed by atoms with Crippen LogP contribution in [-0.2, 0) is 17.8 Å². The maximum absolute atomic E-state index is 12.2. The lowest BCUT2D eigenvalue weighted by molar-refractivity contribution is -0.143. The van der Waals surface area contributed by atoms with E-state index in [-0.39, 0.29) is 18.5 Å². The van der Waals surface area contributed by atoms with Gasteiger partial charge >= 0.3 is 12.0 Å². The number of nitrogens with one attached hydrogen (secondary N) is 1. The fraction of sp³-hybridized carbons (Fsp3) is 0.643. The topological polar surface area (TPSA) is 82.5 Å². The average Bonchev–Trinajstić information content (AvgIpc) is 2.92. The molecule has 7 heteroatoms. The van der Waals surface area contributed by atoms with Crippen LogP contribution < -0.4 is 5.32 Å². The van der Waals surface area contributed by atoms with E-state index in [1.54, 1.807) is 16.2 Å². The van der Waals surface area contributed by atoms with Gasteiger partial charge in [-0.2, -0.15) is 0 Å². The molecule has 0 radical (unpaired) electrons. The molecule has 0 bridgehead atoms. The van der Waals surface area contributed by atoms with Crippen LogP contribution in [0.2, 0.25) is 0 Å². The van der Waals surface area contributed by atoms with Gasteiger partial charge in [0.2, 0.25) is 0 Å². The zero-order chi connectivity index (χ0) is 15.4. The number of aryl methyl sites for hydroxylation is 1. The zero-order valence-electron chi connectivity index (χ0n) is 12.3. The number of carbonyl (C=O) groups excluding carboxylic acids is 1. The molecule has 1 aromatic heterocycles. The second kappa shape index (κ2) is 6.89. The third-order valence-corrected chi connectivity index (χ3v) is 4.66. The minimum absolute atomic E-state index is 0.205. The molecule has 116 valence electrons. The third-order valence-electron chi connectivity index (χ3n) is 3.62. The fourth-order valence-corrected chi connectivity index (χ4v) is 3.31. The van der Waals surface area contributed by atoms with Crippen molar-refractivity contribution in [1.29, 1.82) is 0 Å². The number of piperidine rings is 1. The maximum Gasteiger partial charge on any atom is 0.317 e. The molecule has 2 amide bonds. The van der Waals surface area contributed by atoms with Gasteiger partial charge in [0, 0.05) is 18.5 Å². The molecule has 0 aromatic carbocycles. The quantitative estimate of drug-likeness (QED) is 0.890. The normalized spacial score (nSPS) is 22.1. The third kappa shape index (κ3) is 4.17. The first-order valence-electron chi connectivity index (χ1n) is 7.18. The summed E-state index contributed by atoms with van der Waals surface area (Å²) in [5.74, 6) is -1.09. The maximum atomic E-state index is 12.2. The second-order valence-corrected chi connectivity index (χ2v) is 6.47. The van der Waals surface area contributed by atoms with Gasteiger partial charge in [-0.15, -0.1) is 11.3 Å². The summed E-state index contributed by atoms with van der Waals surface area (Å²) in [6, 6.07) is -0.209. The molecule has 1 fully saturated rings. The number of carbonyl (C=O) groups is 2. The number of carboxylic acids is 1. The monoisotopic (exact) mass is 311 g/mol. The second-order valence-electron chi connectivity index (χ2n) is 5.53. The summed E-state index contributed by atoms with van der Waals surface area (Å²) in [6.45, 7) is 5.29. The number of hydrogen-bond donors (Lipinski definition) is 2. The van der Waals surface area contributed by atoms with Gasteiger partial charge in [0.25, 0.3) is 0 Å². The van der Waals surface area contributed by atoms with Gasteiger partial charge in [-0.05, 0) is 18.8 Å². The van der Waals surface area contributed by atoms with Crippen LogP contribution in [0.4, 0.5) is 4.79 Å². The molecule has 0 spiro atoms. The summed E-state index contributed by atoms with van der Waals surface area (Å²) in [5, 5.41) is 14.9. The Morgan fingerprint density at radius 3 is 2.90 bits per heavy atom. The van der Waals surface area contributed by atoms with Crippen molar-refractivity contribution in [2.24, 2.45) is 11.8 Å². The molecule has 2 N–H and O–H groups in total. The van der Waals surface area contributed by atoms with Crippen LogP contribution >= 0.6 is 11.3 Å². The molecular weight excluding hydrogens is 290 g/mol. The highest BCUT2D eigenvalue weighted by atomic mass is 32.1. The molecule has 0 aliphatic carbocycles. The van der Waals surface area contributed by atoms with Gasteiger partial charge in [0.1, 0.15) is 0 Å². The van der Waals surface area contributed by atoms with E-state index in [0.717, 1.165) is 17.1 Å². The Hall–Kier alpha value is -1.63. The van der Waals surface area contributed by atoms with E-state index < -0.39 is 11.9 Å². The van der Waals surface area contributed by atoms with Gasteiger partial charge in [0.05, 0.1) is 23.2 Å². The Balaban J connectivity index is 1.88. The van der Waals surface area contributed by atoms with Crippen molar-refractivity contribution >= 4 is 23.3 Å². The minimum atomic E-state index is -0.827. The number of thiazole rings is 1. The largest absolute Gasteiger partial charge is 0.481 e. The predicted molar refractivity (Wildman–Crippen MR) is 80.2 cm³/mol. The number of nitrogens with zero attached hydrogens (tertiary/aromatic N) is 2. The summed E-state index contributed by atoms with van der Waals surface area (Å²) >= 11 is 1.59. The summed E-state index contributed by atoms with van der Waals surface area (Å²) in [5.41, 5.74) is 0.852. The Bertz CT molecular complexity index is 517. The van der Waals surface area contributed by atoms with E-state index in [1.165, 1.54) is 0 Å². The number of aliphatic carboxylic acids is 1. The SMILES string of the molecule is CCc1nc(CNC(=O)N2CC(C)CC(C(=O)O)C2)cs1. The Morgan fingerprint density at radius 1 is 1.52 bits per heavy atom. The van der Waals surface area contributed by atoms with Crippen molar-refractivity contribution < 1.29 is 14.7 Å². The van der Waals surface area contributed by atoms with Crippen molar-refractivity contribution in [3.8, 4) is 0 Å². The van der Waals surface area contributed by atoms with Crippen LogP contribution in [0, 0.1) is 11.8 Å². The summed E-state index contributed by atoms with van der Waals surface area (Å²) in [6.07, 6.45) is 1.52. The highest BCUT2D eigenvalue weighted by Gasteiger charge is 2.31. The smallest absolute Gasteiger partial charge is 0.317 e. The number of likely N-dealkylation sites (tertiary alicyclic amines) is 1. The highest BCUT2D eigenvalue weighted by Crippen LogP contribution is 2.21. The first kappa shape index (κ1) is 15.8. The highest BCUT2D eigenvalue weighted by molar-refractivity contribution is 7.09. The van der Waals surface area contributed by atoms with Crippen LogP contribution in [0.3, 0.4) is 0 Å². The van der Waals surface area contributed by atoms with Crippen molar-refractivity contribution in [3.05, 3.63) is 16.1 Å². The lowest BCUT2D eigenvalue weighted by atomic mass is 9.91. The van der Waals surface area contributed by atoms with Crippen molar-refractivity contribution in [2.75, 3.05) is 13.1 Å². The van der Waals surface area contributed by atoms with Crippen molar-refractivity contribution in [1.82, 2.24) is 15.2 Å². The van der Waals surface area contributed by atoms with E-state index >= 15 is 0 Å². The van der Waals surface area contributed by atoms with Crippen LogP contribution in [0.15, 0.2) is 5.38 Å². The van der Waals surface area contributed by atoms with E-state index in [4.69, 9.17) is 5.11 Å². The zero-order valence-corrected chi connectivity index (χ0v) is 13.2. The first-order chi connectivity index (χ1) is 9.99. The van der Waals surface area contributed by atoms with Gasteiger partial charge in [-0.3, -0.25) is 4.79 Å². The van der Waals surface area contributed by atoms with Crippen LogP contribution in [-0.4, -0.2) is 40.1 Å². The number of rotatable bonds is 4. The average molecular weight is 311 g/mol. The lowest BCUT2D eigenvalue weighted by Crippen LogP contribution is -2.49. The number of carboxylic acid groups (broad SMARTS) is 1. The van der Waals surface area contributed by atoms with Gasteiger partial charge < -0.3 is 15.3 Å². The molecule has 2 heterocycles. The standard InChI is InChI=1S/C14H21N3O3S/c1-3-12-16-11(8-21-12)5-15-14(20)17-6-9(2)4-10(7-17)13(18)19/h8-10H,3-7H2,1-2H3,(H,15,20)(H,18,19). The number of amides is 2. The Kier molecular flexibility index (Phi) is 5.17. The van der Waals surface area contributed by atoms with Crippen LogP contribution in [0.1, 0.15) is 31.0 Å². The van der Waals surface area contributed by atoms with Gasteiger partial charge in [0.15, 0.2) is 0 Å². The van der Waals surface area contributed by atoms with Crippen molar-refractivity contribution in [3.63, 3.8) is 0 Å². The van der Waals surface area contributed by atoms with Crippen molar-refractivity contribution in [2.45, 2.75) is 33.2 Å². The molecule has 1 aromatic rings. The number of aromatic nitrogens is 1. The van der Waals surface area contributed by atoms with Crippen LogP contribution in [0.25, 0.3) is 0 Å². The molecule has 2 rings (SSSR count). The molecule has 0 saturated carbocycles.